The summed E-state index contributed by atoms with van der Waals surface area (Å²) in [5, 5.41) is 6.16. The molecule has 0 radical (unpaired) electrons. The normalized spacial score (nSPS) is 10.6. The zero-order valence-electron chi connectivity index (χ0n) is 8.88. The largest absolute Gasteiger partial charge is 0.497 e. The standard InChI is InChI=1S/C12H12N2OS/c1-15-11-6-4-10(5-7-11)14-13-9-12-3-2-8-16-12/h2-9,14H,1H3/b13-9+. The Morgan fingerprint density at radius 2 is 2.06 bits per heavy atom. The maximum absolute atomic E-state index is 5.07. The fourth-order valence-corrected chi connectivity index (χ4v) is 1.79. The molecule has 3 nitrogen and oxygen atoms in total. The Kier molecular flexibility index (Phi) is 3.56. The van der Waals surface area contributed by atoms with Gasteiger partial charge in [-0.2, -0.15) is 5.10 Å². The third-order valence-corrected chi connectivity index (χ3v) is 2.83. The van der Waals surface area contributed by atoms with Crippen molar-refractivity contribution < 1.29 is 4.74 Å². The highest BCUT2D eigenvalue weighted by molar-refractivity contribution is 7.11. The third-order valence-electron chi connectivity index (χ3n) is 2.02. The number of methoxy groups -OCH3 is 1. The minimum absolute atomic E-state index is 0.841. The predicted molar refractivity (Wildman–Crippen MR) is 68.5 cm³/mol. The first-order valence-electron chi connectivity index (χ1n) is 4.85. The molecule has 0 fully saturated rings. The van der Waals surface area contributed by atoms with Gasteiger partial charge in [0.15, 0.2) is 0 Å². The number of nitrogens with zero attached hydrogens (tertiary/aromatic N) is 1. The highest BCUT2D eigenvalue weighted by atomic mass is 32.1. The van der Waals surface area contributed by atoms with Crippen molar-refractivity contribution in [2.45, 2.75) is 0 Å². The Morgan fingerprint density at radius 3 is 2.69 bits per heavy atom. The molecular formula is C12H12N2OS. The summed E-state index contributed by atoms with van der Waals surface area (Å²) < 4.78 is 5.07. The van der Waals surface area contributed by atoms with E-state index in [1.807, 2.05) is 41.8 Å². The number of hydrazone groups is 1. The van der Waals surface area contributed by atoms with E-state index in [0.717, 1.165) is 16.3 Å². The van der Waals surface area contributed by atoms with E-state index < -0.39 is 0 Å². The minimum Gasteiger partial charge on any atom is -0.497 e. The molecule has 0 aliphatic heterocycles. The topological polar surface area (TPSA) is 33.6 Å². The van der Waals surface area contributed by atoms with E-state index in [4.69, 9.17) is 4.74 Å². The maximum Gasteiger partial charge on any atom is 0.119 e. The first-order valence-corrected chi connectivity index (χ1v) is 5.73. The van der Waals surface area contributed by atoms with E-state index in [-0.39, 0.29) is 0 Å². The molecule has 0 unspecified atom stereocenters. The number of hydrogen-bond donors (Lipinski definition) is 1. The Hall–Kier alpha value is -1.81. The molecule has 2 rings (SSSR count). The highest BCUT2D eigenvalue weighted by Gasteiger charge is 1.91. The number of thiophene rings is 1. The first kappa shape index (κ1) is 10.7. The molecule has 1 N–H and O–H groups in total. The monoisotopic (exact) mass is 232 g/mol. The SMILES string of the molecule is COc1ccc(N/N=C/c2cccs2)cc1. The summed E-state index contributed by atoms with van der Waals surface area (Å²) in [4.78, 5) is 1.13. The van der Waals surface area contributed by atoms with Gasteiger partial charge in [-0.3, -0.25) is 5.43 Å². The molecule has 1 aromatic heterocycles. The van der Waals surface area contributed by atoms with Gasteiger partial charge in [-0.15, -0.1) is 11.3 Å². The number of ether oxygens (including phenoxy) is 1. The molecular weight excluding hydrogens is 220 g/mol. The molecule has 0 aliphatic rings. The summed E-state index contributed by atoms with van der Waals surface area (Å²) in [5.41, 5.74) is 3.89. The zero-order chi connectivity index (χ0) is 11.2. The van der Waals surface area contributed by atoms with E-state index in [9.17, 15) is 0 Å². The first-order chi connectivity index (χ1) is 7.88. The number of anilines is 1. The molecule has 0 aliphatic carbocycles. The number of benzene rings is 1. The van der Waals surface area contributed by atoms with Crippen LogP contribution < -0.4 is 10.2 Å². The summed E-state index contributed by atoms with van der Waals surface area (Å²) in [6.45, 7) is 0. The van der Waals surface area contributed by atoms with Crippen LogP contribution in [0.5, 0.6) is 5.75 Å². The fourth-order valence-electron chi connectivity index (χ4n) is 1.20. The van der Waals surface area contributed by atoms with E-state index in [1.165, 1.54) is 0 Å². The van der Waals surface area contributed by atoms with Gasteiger partial charge in [0.1, 0.15) is 5.75 Å². The fraction of sp³-hybridized carbons (Fsp3) is 0.0833. The van der Waals surface area contributed by atoms with Crippen LogP contribution in [0, 0.1) is 0 Å². The van der Waals surface area contributed by atoms with Crippen molar-refractivity contribution in [2.24, 2.45) is 5.10 Å². The second-order valence-electron chi connectivity index (χ2n) is 3.11. The smallest absolute Gasteiger partial charge is 0.119 e. The van der Waals surface area contributed by atoms with Crippen molar-refractivity contribution in [3.63, 3.8) is 0 Å². The lowest BCUT2D eigenvalue weighted by molar-refractivity contribution is 0.415. The number of nitrogens with one attached hydrogen (secondary N) is 1. The van der Waals surface area contributed by atoms with Crippen molar-refractivity contribution in [1.29, 1.82) is 0 Å². The summed E-state index contributed by atoms with van der Waals surface area (Å²) >= 11 is 1.65. The molecule has 0 saturated carbocycles. The Labute approximate surface area is 98.4 Å². The van der Waals surface area contributed by atoms with Crippen LogP contribution >= 0.6 is 11.3 Å². The predicted octanol–water partition coefficient (Wildman–Crippen LogP) is 3.20. The molecule has 2 aromatic rings. The minimum atomic E-state index is 0.841. The van der Waals surface area contributed by atoms with Crippen molar-refractivity contribution in [1.82, 2.24) is 0 Å². The molecule has 4 heteroatoms. The van der Waals surface area contributed by atoms with Gasteiger partial charge in [0.25, 0.3) is 0 Å². The van der Waals surface area contributed by atoms with Crippen LogP contribution in [0.2, 0.25) is 0 Å². The second-order valence-corrected chi connectivity index (χ2v) is 4.09. The molecule has 0 atom stereocenters. The summed E-state index contributed by atoms with van der Waals surface area (Å²) in [5.74, 6) is 0.841. The number of rotatable bonds is 4. The summed E-state index contributed by atoms with van der Waals surface area (Å²) in [7, 11) is 1.65. The molecule has 1 heterocycles. The lowest BCUT2D eigenvalue weighted by atomic mass is 10.3. The molecule has 0 amide bonds. The lowest BCUT2D eigenvalue weighted by Crippen LogP contribution is -1.89. The van der Waals surface area contributed by atoms with E-state index in [0.29, 0.717) is 0 Å². The highest BCUT2D eigenvalue weighted by Crippen LogP contribution is 2.14. The average molecular weight is 232 g/mol. The van der Waals surface area contributed by atoms with Gasteiger partial charge < -0.3 is 4.74 Å². The van der Waals surface area contributed by atoms with E-state index >= 15 is 0 Å². The molecule has 1 aromatic carbocycles. The van der Waals surface area contributed by atoms with Crippen LogP contribution in [0.3, 0.4) is 0 Å². The Balaban J connectivity index is 1.94. The van der Waals surface area contributed by atoms with Gasteiger partial charge in [-0.25, -0.2) is 0 Å². The molecule has 0 saturated heterocycles. The van der Waals surface area contributed by atoms with Crippen LogP contribution in [0.25, 0.3) is 0 Å². The quantitative estimate of drug-likeness (QED) is 0.648. The van der Waals surface area contributed by atoms with Crippen LogP contribution in [0.4, 0.5) is 5.69 Å². The molecule has 0 bridgehead atoms. The van der Waals surface area contributed by atoms with Crippen LogP contribution in [0.1, 0.15) is 4.88 Å². The van der Waals surface area contributed by atoms with Crippen LogP contribution in [-0.4, -0.2) is 13.3 Å². The van der Waals surface area contributed by atoms with Crippen molar-refractivity contribution in [2.75, 3.05) is 12.5 Å². The number of hydrogen-bond acceptors (Lipinski definition) is 4. The molecule has 16 heavy (non-hydrogen) atoms. The van der Waals surface area contributed by atoms with E-state index in [2.05, 4.69) is 10.5 Å². The zero-order valence-corrected chi connectivity index (χ0v) is 9.70. The van der Waals surface area contributed by atoms with Gasteiger partial charge in [-0.05, 0) is 35.7 Å². The average Bonchev–Trinajstić information content (AvgIpc) is 2.83. The van der Waals surface area contributed by atoms with E-state index in [1.54, 1.807) is 24.7 Å². The van der Waals surface area contributed by atoms with Crippen molar-refractivity contribution >= 4 is 23.2 Å². The van der Waals surface area contributed by atoms with Crippen LogP contribution in [0.15, 0.2) is 46.9 Å². The van der Waals surface area contributed by atoms with Crippen molar-refractivity contribution in [3.05, 3.63) is 46.7 Å². The van der Waals surface area contributed by atoms with Gasteiger partial charge >= 0.3 is 0 Å². The lowest BCUT2D eigenvalue weighted by Gasteiger charge is -2.01. The Bertz CT molecular complexity index is 448. The molecule has 82 valence electrons. The second kappa shape index (κ2) is 5.32. The summed E-state index contributed by atoms with van der Waals surface area (Å²) in [6, 6.07) is 11.6. The Morgan fingerprint density at radius 1 is 1.25 bits per heavy atom. The van der Waals surface area contributed by atoms with Crippen LogP contribution in [-0.2, 0) is 0 Å². The molecule has 0 spiro atoms. The maximum atomic E-state index is 5.07. The van der Waals surface area contributed by atoms with Gasteiger partial charge in [0.05, 0.1) is 19.0 Å². The summed E-state index contributed by atoms with van der Waals surface area (Å²) in [6.07, 6.45) is 1.80. The van der Waals surface area contributed by atoms with Gasteiger partial charge in [-0.1, -0.05) is 6.07 Å². The van der Waals surface area contributed by atoms with Crippen molar-refractivity contribution in [3.8, 4) is 5.75 Å². The third kappa shape index (κ3) is 2.84. The van der Waals surface area contributed by atoms with Gasteiger partial charge in [0, 0.05) is 4.88 Å². The van der Waals surface area contributed by atoms with Gasteiger partial charge in [0.2, 0.25) is 0 Å².